The first-order valence-electron chi connectivity index (χ1n) is 8.22. The molecule has 0 aromatic carbocycles. The smallest absolute Gasteiger partial charge is 0.270 e. The van der Waals surface area contributed by atoms with E-state index in [-0.39, 0.29) is 5.91 Å². The van der Waals surface area contributed by atoms with Gasteiger partial charge in [0.1, 0.15) is 5.69 Å². The van der Waals surface area contributed by atoms with E-state index in [4.69, 9.17) is 0 Å². The maximum Gasteiger partial charge on any atom is 0.270 e. The Morgan fingerprint density at radius 3 is 2.74 bits per heavy atom. The summed E-state index contributed by atoms with van der Waals surface area (Å²) in [5.74, 6) is -0.178. The second-order valence-corrected chi connectivity index (χ2v) is 5.91. The molecule has 1 aliphatic carbocycles. The molecule has 1 aliphatic rings. The number of nitrogens with zero attached hydrogens (tertiary/aromatic N) is 2. The fourth-order valence-corrected chi connectivity index (χ4v) is 2.89. The van der Waals surface area contributed by atoms with Gasteiger partial charge in [0.2, 0.25) is 0 Å². The van der Waals surface area contributed by atoms with Crippen LogP contribution in [-0.4, -0.2) is 21.9 Å². The molecule has 0 aliphatic heterocycles. The molecule has 2 N–H and O–H groups in total. The van der Waals surface area contributed by atoms with Crippen molar-refractivity contribution in [3.8, 4) is 0 Å². The quantitative estimate of drug-likeness (QED) is 0.890. The van der Waals surface area contributed by atoms with Crippen LogP contribution in [0.15, 0.2) is 42.7 Å². The standard InChI is InChI=1S/C18H22N4O/c23-18(21-13-16-8-4-5-10-19-16)17-12-15(9-11-20-17)22-14-6-2-1-3-7-14/h4-5,8-12,14H,1-3,6-7,13H2,(H,20,22)(H,21,23). The van der Waals surface area contributed by atoms with Crippen LogP contribution in [0.25, 0.3) is 0 Å². The third-order valence-corrected chi connectivity index (χ3v) is 4.12. The zero-order chi connectivity index (χ0) is 15.9. The first kappa shape index (κ1) is 15.5. The van der Waals surface area contributed by atoms with E-state index < -0.39 is 0 Å². The first-order valence-corrected chi connectivity index (χ1v) is 8.22. The van der Waals surface area contributed by atoms with Gasteiger partial charge >= 0.3 is 0 Å². The van der Waals surface area contributed by atoms with Crippen molar-refractivity contribution >= 4 is 11.6 Å². The number of anilines is 1. The molecule has 120 valence electrons. The maximum absolute atomic E-state index is 12.2. The number of rotatable bonds is 5. The minimum atomic E-state index is -0.178. The van der Waals surface area contributed by atoms with Crippen molar-refractivity contribution < 1.29 is 4.79 Å². The van der Waals surface area contributed by atoms with E-state index in [1.54, 1.807) is 12.4 Å². The summed E-state index contributed by atoms with van der Waals surface area (Å²) >= 11 is 0. The maximum atomic E-state index is 12.2. The number of hydrogen-bond acceptors (Lipinski definition) is 4. The van der Waals surface area contributed by atoms with Crippen LogP contribution in [0, 0.1) is 0 Å². The molecular formula is C18H22N4O. The van der Waals surface area contributed by atoms with Crippen LogP contribution in [0.1, 0.15) is 48.3 Å². The van der Waals surface area contributed by atoms with E-state index in [0.29, 0.717) is 18.3 Å². The van der Waals surface area contributed by atoms with E-state index in [9.17, 15) is 4.79 Å². The largest absolute Gasteiger partial charge is 0.382 e. The lowest BCUT2D eigenvalue weighted by atomic mass is 9.95. The van der Waals surface area contributed by atoms with Gasteiger partial charge in [-0.25, -0.2) is 0 Å². The summed E-state index contributed by atoms with van der Waals surface area (Å²) in [6.07, 6.45) is 9.68. The van der Waals surface area contributed by atoms with Crippen molar-refractivity contribution in [3.05, 3.63) is 54.1 Å². The number of nitrogens with one attached hydrogen (secondary N) is 2. The second kappa shape index (κ2) is 7.72. The molecule has 0 atom stereocenters. The van der Waals surface area contributed by atoms with Crippen molar-refractivity contribution in [1.29, 1.82) is 0 Å². The molecule has 0 spiro atoms. The zero-order valence-electron chi connectivity index (χ0n) is 13.2. The Bertz CT molecular complexity index is 638. The van der Waals surface area contributed by atoms with E-state index in [1.165, 1.54) is 32.1 Å². The van der Waals surface area contributed by atoms with Gasteiger partial charge in [-0.15, -0.1) is 0 Å². The number of aromatic nitrogens is 2. The highest BCUT2D eigenvalue weighted by Crippen LogP contribution is 2.21. The first-order chi connectivity index (χ1) is 11.3. The Kier molecular flexibility index (Phi) is 5.19. The van der Waals surface area contributed by atoms with Crippen molar-refractivity contribution in [2.24, 2.45) is 0 Å². The lowest BCUT2D eigenvalue weighted by Crippen LogP contribution is -2.25. The topological polar surface area (TPSA) is 66.9 Å². The molecule has 5 heteroatoms. The van der Waals surface area contributed by atoms with Gasteiger partial charge in [0.15, 0.2) is 0 Å². The monoisotopic (exact) mass is 310 g/mol. The number of carbonyl (C=O) groups excluding carboxylic acids is 1. The van der Waals surface area contributed by atoms with Crippen molar-refractivity contribution in [2.75, 3.05) is 5.32 Å². The number of carbonyl (C=O) groups is 1. The van der Waals surface area contributed by atoms with Crippen LogP contribution in [0.5, 0.6) is 0 Å². The highest BCUT2D eigenvalue weighted by atomic mass is 16.1. The normalized spacial score (nSPS) is 15.1. The second-order valence-electron chi connectivity index (χ2n) is 5.91. The summed E-state index contributed by atoms with van der Waals surface area (Å²) in [6, 6.07) is 9.89. The van der Waals surface area contributed by atoms with Crippen molar-refractivity contribution in [3.63, 3.8) is 0 Å². The van der Waals surface area contributed by atoms with Crippen LogP contribution in [0.2, 0.25) is 0 Å². The van der Waals surface area contributed by atoms with Crippen molar-refractivity contribution in [2.45, 2.75) is 44.7 Å². The van der Waals surface area contributed by atoms with Crippen LogP contribution in [0.3, 0.4) is 0 Å². The van der Waals surface area contributed by atoms with E-state index >= 15 is 0 Å². The van der Waals surface area contributed by atoms with Gasteiger partial charge in [0.05, 0.1) is 12.2 Å². The predicted octanol–water partition coefficient (Wildman–Crippen LogP) is 3.15. The molecular weight excluding hydrogens is 288 g/mol. The molecule has 1 saturated carbocycles. The van der Waals surface area contributed by atoms with Crippen LogP contribution < -0.4 is 10.6 Å². The van der Waals surface area contributed by atoms with E-state index in [0.717, 1.165) is 11.4 Å². The van der Waals surface area contributed by atoms with Crippen LogP contribution in [-0.2, 0) is 6.54 Å². The van der Waals surface area contributed by atoms with Gasteiger partial charge in [-0.2, -0.15) is 0 Å². The highest BCUT2D eigenvalue weighted by molar-refractivity contribution is 5.93. The minimum absolute atomic E-state index is 0.178. The molecule has 1 fully saturated rings. The summed E-state index contributed by atoms with van der Waals surface area (Å²) in [6.45, 7) is 0.404. The Balaban J connectivity index is 1.58. The third kappa shape index (κ3) is 4.52. The van der Waals surface area contributed by atoms with Crippen LogP contribution in [0.4, 0.5) is 5.69 Å². The molecule has 0 saturated heterocycles. The molecule has 2 aromatic heterocycles. The van der Waals surface area contributed by atoms with E-state index in [2.05, 4.69) is 20.6 Å². The Hall–Kier alpha value is -2.43. The zero-order valence-corrected chi connectivity index (χ0v) is 13.2. The molecule has 0 radical (unpaired) electrons. The SMILES string of the molecule is O=C(NCc1ccccn1)c1cc(NC2CCCCC2)ccn1. The molecule has 3 rings (SSSR count). The fraction of sp³-hybridized carbons (Fsp3) is 0.389. The highest BCUT2D eigenvalue weighted by Gasteiger charge is 2.14. The number of hydrogen-bond donors (Lipinski definition) is 2. The van der Waals surface area contributed by atoms with Gasteiger partial charge < -0.3 is 10.6 Å². The number of pyridine rings is 2. The molecule has 2 aromatic rings. The Morgan fingerprint density at radius 1 is 1.09 bits per heavy atom. The Labute approximate surface area is 136 Å². The average Bonchev–Trinajstić information content (AvgIpc) is 2.62. The summed E-state index contributed by atoms with van der Waals surface area (Å²) < 4.78 is 0. The molecule has 5 nitrogen and oxygen atoms in total. The summed E-state index contributed by atoms with van der Waals surface area (Å²) in [4.78, 5) is 20.6. The van der Waals surface area contributed by atoms with Gasteiger partial charge in [0.25, 0.3) is 5.91 Å². The third-order valence-electron chi connectivity index (χ3n) is 4.12. The van der Waals surface area contributed by atoms with Gasteiger partial charge in [-0.1, -0.05) is 25.3 Å². The molecule has 2 heterocycles. The number of amides is 1. The lowest BCUT2D eigenvalue weighted by molar-refractivity contribution is 0.0945. The van der Waals surface area contributed by atoms with Crippen LogP contribution >= 0.6 is 0 Å². The van der Waals surface area contributed by atoms with Gasteiger partial charge in [0, 0.05) is 24.1 Å². The molecule has 23 heavy (non-hydrogen) atoms. The average molecular weight is 310 g/mol. The summed E-state index contributed by atoms with van der Waals surface area (Å²) in [5.41, 5.74) is 2.23. The van der Waals surface area contributed by atoms with Crippen molar-refractivity contribution in [1.82, 2.24) is 15.3 Å². The fourth-order valence-electron chi connectivity index (χ4n) is 2.89. The Morgan fingerprint density at radius 2 is 1.96 bits per heavy atom. The van der Waals surface area contributed by atoms with Gasteiger partial charge in [-0.3, -0.25) is 14.8 Å². The minimum Gasteiger partial charge on any atom is -0.382 e. The summed E-state index contributed by atoms with van der Waals surface area (Å²) in [5, 5.41) is 6.37. The lowest BCUT2D eigenvalue weighted by Gasteiger charge is -2.23. The molecule has 0 unspecified atom stereocenters. The predicted molar refractivity (Wildman–Crippen MR) is 90.1 cm³/mol. The van der Waals surface area contributed by atoms with Gasteiger partial charge in [-0.05, 0) is 37.1 Å². The molecule has 1 amide bonds. The molecule has 0 bridgehead atoms. The summed E-state index contributed by atoms with van der Waals surface area (Å²) in [7, 11) is 0. The van der Waals surface area contributed by atoms with E-state index in [1.807, 2.05) is 30.3 Å².